The van der Waals surface area contributed by atoms with Gasteiger partial charge in [-0.15, -0.1) is 5.10 Å². The fourth-order valence-electron chi connectivity index (χ4n) is 5.16. The van der Waals surface area contributed by atoms with Crippen LogP contribution in [0.15, 0.2) is 48.5 Å². The van der Waals surface area contributed by atoms with E-state index in [2.05, 4.69) is 25.3 Å². The van der Waals surface area contributed by atoms with Crippen LogP contribution in [0, 0.1) is 15.9 Å². The second-order valence-corrected chi connectivity index (χ2v) is 9.02. The number of aromatic nitrogens is 4. The molecule has 1 saturated heterocycles. The lowest BCUT2D eigenvalue weighted by atomic mass is 9.95. The number of nitro benzene ring substituents is 1. The lowest BCUT2D eigenvalue weighted by molar-refractivity contribution is -0.384. The van der Waals surface area contributed by atoms with E-state index in [4.69, 9.17) is 0 Å². The van der Waals surface area contributed by atoms with Gasteiger partial charge in [0.25, 0.3) is 5.69 Å². The van der Waals surface area contributed by atoms with E-state index < -0.39 is 0 Å². The van der Waals surface area contributed by atoms with Gasteiger partial charge in [-0.2, -0.15) is 0 Å². The van der Waals surface area contributed by atoms with Gasteiger partial charge in [0.2, 0.25) is 0 Å². The van der Waals surface area contributed by atoms with Crippen LogP contribution in [0.5, 0.6) is 0 Å². The Morgan fingerprint density at radius 1 is 0.941 bits per heavy atom. The zero-order valence-electron chi connectivity index (χ0n) is 19.0. The standard InChI is InChI=1S/C24H28FN7O2/c25-19-8-6-18(7-9-19)23(24-26-27-28-31(24)21-4-2-1-3-5-21)30-16-14-29(15-17-30)20-10-12-22(13-11-20)32(33)34/h6-13,21,23H,1-5,14-17H2. The number of hydrogen-bond donors (Lipinski definition) is 0. The number of tetrazole rings is 1. The van der Waals surface area contributed by atoms with Gasteiger partial charge in [0.1, 0.15) is 5.82 Å². The number of rotatable bonds is 6. The average molecular weight is 466 g/mol. The molecular formula is C24H28FN7O2. The fraction of sp³-hybridized carbons (Fsp3) is 0.458. The minimum atomic E-state index is -0.383. The molecule has 2 heterocycles. The van der Waals surface area contributed by atoms with Gasteiger partial charge < -0.3 is 4.90 Å². The number of hydrogen-bond acceptors (Lipinski definition) is 7. The van der Waals surface area contributed by atoms with Gasteiger partial charge in [-0.25, -0.2) is 9.07 Å². The van der Waals surface area contributed by atoms with Crippen molar-refractivity contribution in [2.45, 2.75) is 44.2 Å². The maximum atomic E-state index is 13.7. The smallest absolute Gasteiger partial charge is 0.269 e. The second-order valence-electron chi connectivity index (χ2n) is 9.02. The van der Waals surface area contributed by atoms with E-state index in [1.807, 2.05) is 16.8 Å². The molecule has 2 fully saturated rings. The highest BCUT2D eigenvalue weighted by atomic mass is 19.1. The van der Waals surface area contributed by atoms with Crippen LogP contribution in [0.25, 0.3) is 0 Å². The Hall–Kier alpha value is -3.40. The predicted octanol–water partition coefficient (Wildman–Crippen LogP) is 4.14. The quantitative estimate of drug-likeness (QED) is 0.399. The minimum absolute atomic E-state index is 0.0910. The van der Waals surface area contributed by atoms with Crippen molar-refractivity contribution in [3.63, 3.8) is 0 Å². The molecule has 5 rings (SSSR count). The molecular weight excluding hydrogens is 437 g/mol. The third kappa shape index (κ3) is 4.63. The molecule has 2 aromatic carbocycles. The number of piperazine rings is 1. The number of halogens is 1. The highest BCUT2D eigenvalue weighted by Gasteiger charge is 2.32. The summed E-state index contributed by atoms with van der Waals surface area (Å²) < 4.78 is 15.7. The summed E-state index contributed by atoms with van der Waals surface area (Å²) in [7, 11) is 0. The van der Waals surface area contributed by atoms with Gasteiger partial charge in [-0.3, -0.25) is 15.0 Å². The molecule has 10 heteroatoms. The minimum Gasteiger partial charge on any atom is -0.369 e. The third-order valence-corrected chi connectivity index (χ3v) is 6.97. The van der Waals surface area contributed by atoms with E-state index in [0.29, 0.717) is 6.04 Å². The van der Waals surface area contributed by atoms with Crippen LogP contribution >= 0.6 is 0 Å². The molecule has 34 heavy (non-hydrogen) atoms. The van der Waals surface area contributed by atoms with Gasteiger partial charge in [0, 0.05) is 44.0 Å². The number of nitro groups is 1. The van der Waals surface area contributed by atoms with E-state index >= 15 is 0 Å². The van der Waals surface area contributed by atoms with E-state index in [9.17, 15) is 14.5 Å². The molecule has 0 radical (unpaired) electrons. The first-order chi connectivity index (χ1) is 16.6. The molecule has 0 amide bonds. The van der Waals surface area contributed by atoms with Crippen molar-refractivity contribution in [1.82, 2.24) is 25.1 Å². The molecule has 0 N–H and O–H groups in total. The molecule has 2 aliphatic rings. The summed E-state index contributed by atoms with van der Waals surface area (Å²) >= 11 is 0. The Balaban J connectivity index is 1.38. The van der Waals surface area contributed by atoms with Crippen molar-refractivity contribution in [3.8, 4) is 0 Å². The lowest BCUT2D eigenvalue weighted by Gasteiger charge is -2.40. The zero-order chi connectivity index (χ0) is 23.5. The van der Waals surface area contributed by atoms with Crippen molar-refractivity contribution in [3.05, 3.63) is 75.9 Å². The Labute approximate surface area is 197 Å². The number of benzene rings is 2. The highest BCUT2D eigenvalue weighted by molar-refractivity contribution is 5.51. The SMILES string of the molecule is O=[N+]([O-])c1ccc(N2CCN(C(c3ccc(F)cc3)c3nnnn3C3CCCCC3)CC2)cc1. The first kappa shape index (κ1) is 22.4. The van der Waals surface area contributed by atoms with Crippen LogP contribution in [0.2, 0.25) is 0 Å². The van der Waals surface area contributed by atoms with Gasteiger partial charge in [-0.1, -0.05) is 31.4 Å². The molecule has 3 aromatic rings. The molecule has 1 aliphatic carbocycles. The van der Waals surface area contributed by atoms with Crippen LogP contribution in [-0.2, 0) is 0 Å². The highest BCUT2D eigenvalue weighted by Crippen LogP contribution is 2.34. The summed E-state index contributed by atoms with van der Waals surface area (Å²) in [6.45, 7) is 3.05. The molecule has 178 valence electrons. The summed E-state index contributed by atoms with van der Waals surface area (Å²) in [5.41, 5.74) is 2.03. The van der Waals surface area contributed by atoms with Crippen LogP contribution < -0.4 is 4.90 Å². The fourth-order valence-corrected chi connectivity index (χ4v) is 5.16. The maximum Gasteiger partial charge on any atom is 0.269 e. The number of anilines is 1. The van der Waals surface area contributed by atoms with Gasteiger partial charge in [0.05, 0.1) is 17.0 Å². The maximum absolute atomic E-state index is 13.7. The average Bonchev–Trinajstić information content (AvgIpc) is 3.36. The van der Waals surface area contributed by atoms with Gasteiger partial charge >= 0.3 is 0 Å². The summed E-state index contributed by atoms with van der Waals surface area (Å²) in [4.78, 5) is 15.2. The van der Waals surface area contributed by atoms with Gasteiger partial charge in [-0.05, 0) is 53.1 Å². The normalized spacial score (nSPS) is 18.7. The van der Waals surface area contributed by atoms with E-state index in [1.54, 1.807) is 24.3 Å². The molecule has 1 aliphatic heterocycles. The summed E-state index contributed by atoms with van der Waals surface area (Å²) in [6.07, 6.45) is 5.75. The second kappa shape index (κ2) is 9.84. The lowest BCUT2D eigenvalue weighted by Crippen LogP contribution is -2.48. The molecule has 9 nitrogen and oxygen atoms in total. The molecule has 1 aromatic heterocycles. The van der Waals surface area contributed by atoms with Crippen molar-refractivity contribution < 1.29 is 9.31 Å². The number of non-ortho nitro benzene ring substituents is 1. The van der Waals surface area contributed by atoms with Crippen molar-refractivity contribution in [2.24, 2.45) is 0 Å². The Kier molecular flexibility index (Phi) is 6.48. The first-order valence-electron chi connectivity index (χ1n) is 11.9. The largest absolute Gasteiger partial charge is 0.369 e. The summed E-state index contributed by atoms with van der Waals surface area (Å²) in [5.74, 6) is 0.541. The number of nitrogens with zero attached hydrogens (tertiary/aromatic N) is 7. The first-order valence-corrected chi connectivity index (χ1v) is 11.9. The molecule has 1 saturated carbocycles. The molecule has 1 unspecified atom stereocenters. The van der Waals surface area contributed by atoms with Gasteiger partial charge in [0.15, 0.2) is 5.82 Å². The topological polar surface area (TPSA) is 93.2 Å². The summed E-state index contributed by atoms with van der Waals surface area (Å²) in [5, 5.41) is 23.8. The van der Waals surface area contributed by atoms with Crippen molar-refractivity contribution in [2.75, 3.05) is 31.1 Å². The van der Waals surface area contributed by atoms with E-state index in [1.165, 1.54) is 31.4 Å². The van der Waals surface area contributed by atoms with Crippen LogP contribution in [0.1, 0.15) is 55.6 Å². The van der Waals surface area contributed by atoms with Crippen molar-refractivity contribution >= 4 is 11.4 Å². The summed E-state index contributed by atoms with van der Waals surface area (Å²) in [6, 6.07) is 13.4. The molecule has 0 bridgehead atoms. The Morgan fingerprint density at radius 3 is 2.26 bits per heavy atom. The molecule has 0 spiro atoms. The Morgan fingerprint density at radius 2 is 1.62 bits per heavy atom. The monoisotopic (exact) mass is 465 g/mol. The third-order valence-electron chi connectivity index (χ3n) is 6.97. The Bertz CT molecular complexity index is 1110. The zero-order valence-corrected chi connectivity index (χ0v) is 19.0. The van der Waals surface area contributed by atoms with E-state index in [0.717, 1.165) is 56.1 Å². The van der Waals surface area contributed by atoms with Crippen LogP contribution in [0.4, 0.5) is 15.8 Å². The van der Waals surface area contributed by atoms with Crippen LogP contribution in [-0.4, -0.2) is 56.2 Å². The molecule has 1 atom stereocenters. The predicted molar refractivity (Wildman–Crippen MR) is 125 cm³/mol. The van der Waals surface area contributed by atoms with Crippen LogP contribution in [0.3, 0.4) is 0 Å². The van der Waals surface area contributed by atoms with E-state index in [-0.39, 0.29) is 22.5 Å². The van der Waals surface area contributed by atoms with Crippen molar-refractivity contribution in [1.29, 1.82) is 0 Å².